The second kappa shape index (κ2) is 5.27. The monoisotopic (exact) mass is 257 g/mol. The van der Waals surface area contributed by atoms with E-state index in [4.69, 9.17) is 21.4 Å². The normalized spacial score (nSPS) is 22.1. The molecule has 0 radical (unpaired) electrons. The third-order valence-electron chi connectivity index (χ3n) is 2.23. The molecule has 1 heterocycles. The first-order chi connectivity index (χ1) is 6.92. The quantitative estimate of drug-likeness (QED) is 0.554. The van der Waals surface area contributed by atoms with E-state index in [1.807, 2.05) is 0 Å². The predicted octanol–water partition coefficient (Wildman–Crippen LogP) is 0.183. The number of phosphoric acid groups is 1. The lowest BCUT2D eigenvalue weighted by Crippen LogP contribution is -2.30. The fraction of sp³-hybridized carbons (Fsp3) is 0.857. The van der Waals surface area contributed by atoms with E-state index in [2.05, 4.69) is 4.52 Å². The summed E-state index contributed by atoms with van der Waals surface area (Å²) in [5.41, 5.74) is 0. The topological polar surface area (TPSA) is 87.1 Å². The van der Waals surface area contributed by atoms with Crippen molar-refractivity contribution in [3.8, 4) is 0 Å². The summed E-state index contributed by atoms with van der Waals surface area (Å²) in [6, 6.07) is 0. The second-order valence-corrected chi connectivity index (χ2v) is 4.92. The summed E-state index contributed by atoms with van der Waals surface area (Å²) in [5, 5.41) is 0. The number of carbonyl (C=O) groups excluding carboxylic acids is 1. The van der Waals surface area contributed by atoms with Crippen LogP contribution in [-0.4, -0.2) is 46.2 Å². The van der Waals surface area contributed by atoms with Crippen LogP contribution in [0.5, 0.6) is 0 Å². The number of rotatable bonds is 4. The van der Waals surface area contributed by atoms with Gasteiger partial charge in [0.25, 0.3) is 0 Å². The SMILES string of the molecule is O=C(CCl)N1CCC(COP(=O)(O)O)C1. The van der Waals surface area contributed by atoms with Crippen LogP contribution in [0.25, 0.3) is 0 Å². The van der Waals surface area contributed by atoms with Gasteiger partial charge in [0.15, 0.2) is 0 Å². The third-order valence-corrected chi connectivity index (χ3v) is 2.95. The van der Waals surface area contributed by atoms with Crippen LogP contribution in [0.2, 0.25) is 0 Å². The minimum absolute atomic E-state index is 0.0233. The maximum atomic E-state index is 11.2. The summed E-state index contributed by atoms with van der Waals surface area (Å²) in [7, 11) is -4.40. The molecule has 1 unspecified atom stereocenters. The van der Waals surface area contributed by atoms with Gasteiger partial charge in [-0.2, -0.15) is 0 Å². The number of carbonyl (C=O) groups is 1. The average molecular weight is 258 g/mol. The molecule has 0 spiro atoms. The Morgan fingerprint density at radius 1 is 1.60 bits per heavy atom. The van der Waals surface area contributed by atoms with Crippen LogP contribution in [0.3, 0.4) is 0 Å². The summed E-state index contributed by atoms with van der Waals surface area (Å²) < 4.78 is 14.8. The van der Waals surface area contributed by atoms with Gasteiger partial charge in [-0.3, -0.25) is 9.32 Å². The molecule has 1 fully saturated rings. The number of hydrogen-bond donors (Lipinski definition) is 2. The third kappa shape index (κ3) is 4.49. The first-order valence-corrected chi connectivity index (χ1v) is 6.52. The van der Waals surface area contributed by atoms with Gasteiger partial charge >= 0.3 is 7.82 Å². The van der Waals surface area contributed by atoms with E-state index in [0.717, 1.165) is 0 Å². The van der Waals surface area contributed by atoms with E-state index in [-0.39, 0.29) is 24.3 Å². The van der Waals surface area contributed by atoms with Crippen molar-refractivity contribution in [2.24, 2.45) is 5.92 Å². The Morgan fingerprint density at radius 3 is 2.80 bits per heavy atom. The van der Waals surface area contributed by atoms with Gasteiger partial charge in [0.05, 0.1) is 6.61 Å². The van der Waals surface area contributed by atoms with Gasteiger partial charge in [0.2, 0.25) is 5.91 Å². The Hall–Kier alpha value is -0.130. The molecular formula is C7H13ClNO5P. The lowest BCUT2D eigenvalue weighted by molar-refractivity contribution is -0.127. The van der Waals surface area contributed by atoms with Gasteiger partial charge in [-0.15, -0.1) is 11.6 Å². The van der Waals surface area contributed by atoms with Gasteiger partial charge in [0, 0.05) is 19.0 Å². The smallest absolute Gasteiger partial charge is 0.341 e. The van der Waals surface area contributed by atoms with E-state index in [1.54, 1.807) is 4.90 Å². The highest BCUT2D eigenvalue weighted by molar-refractivity contribution is 7.46. The summed E-state index contributed by atoms with van der Waals surface area (Å²) in [5.74, 6) is -0.244. The lowest BCUT2D eigenvalue weighted by Gasteiger charge is -2.15. The molecule has 88 valence electrons. The molecule has 1 aliphatic rings. The summed E-state index contributed by atoms with van der Waals surface area (Å²) in [6.07, 6.45) is 0.683. The molecule has 0 bridgehead atoms. The van der Waals surface area contributed by atoms with Crippen LogP contribution >= 0.6 is 19.4 Å². The molecule has 8 heteroatoms. The molecule has 6 nitrogen and oxygen atoms in total. The van der Waals surface area contributed by atoms with Crippen molar-refractivity contribution in [1.29, 1.82) is 0 Å². The van der Waals surface area contributed by atoms with Crippen molar-refractivity contribution in [3.63, 3.8) is 0 Å². The first-order valence-electron chi connectivity index (χ1n) is 4.46. The Kier molecular flexibility index (Phi) is 4.55. The van der Waals surface area contributed by atoms with Crippen molar-refractivity contribution in [1.82, 2.24) is 4.90 Å². The number of likely N-dealkylation sites (tertiary alicyclic amines) is 1. The fourth-order valence-corrected chi connectivity index (χ4v) is 2.06. The zero-order valence-electron chi connectivity index (χ0n) is 8.00. The standard InChI is InChI=1S/C7H13ClNO5P/c8-3-7(10)9-2-1-6(4-9)5-14-15(11,12)13/h6H,1-5H2,(H2,11,12,13). The predicted molar refractivity (Wildman–Crippen MR) is 53.4 cm³/mol. The molecule has 0 aromatic heterocycles. The number of halogens is 1. The van der Waals surface area contributed by atoms with Gasteiger partial charge in [-0.1, -0.05) is 0 Å². The van der Waals surface area contributed by atoms with Crippen LogP contribution in [0.1, 0.15) is 6.42 Å². The van der Waals surface area contributed by atoms with E-state index in [0.29, 0.717) is 19.5 Å². The Balaban J connectivity index is 2.31. The van der Waals surface area contributed by atoms with Crippen LogP contribution in [0, 0.1) is 5.92 Å². The fourth-order valence-electron chi connectivity index (χ4n) is 1.48. The average Bonchev–Trinajstić information content (AvgIpc) is 2.61. The number of hydrogen-bond acceptors (Lipinski definition) is 3. The molecule has 1 saturated heterocycles. The van der Waals surface area contributed by atoms with E-state index >= 15 is 0 Å². The number of amides is 1. The Bertz CT molecular complexity index is 281. The van der Waals surface area contributed by atoms with Crippen molar-refractivity contribution < 1.29 is 23.7 Å². The zero-order chi connectivity index (χ0) is 11.5. The molecule has 0 aromatic carbocycles. The maximum Gasteiger partial charge on any atom is 0.469 e. The van der Waals surface area contributed by atoms with Crippen molar-refractivity contribution in [2.75, 3.05) is 25.6 Å². The van der Waals surface area contributed by atoms with Gasteiger partial charge in [-0.05, 0) is 6.42 Å². The molecule has 15 heavy (non-hydrogen) atoms. The zero-order valence-corrected chi connectivity index (χ0v) is 9.65. The Morgan fingerprint density at radius 2 is 2.27 bits per heavy atom. The van der Waals surface area contributed by atoms with E-state index in [9.17, 15) is 9.36 Å². The van der Waals surface area contributed by atoms with E-state index < -0.39 is 7.82 Å². The highest BCUT2D eigenvalue weighted by atomic mass is 35.5. The molecular weight excluding hydrogens is 245 g/mol. The van der Waals surface area contributed by atoms with Gasteiger partial charge < -0.3 is 14.7 Å². The van der Waals surface area contributed by atoms with Crippen molar-refractivity contribution in [3.05, 3.63) is 0 Å². The second-order valence-electron chi connectivity index (χ2n) is 3.41. The van der Waals surface area contributed by atoms with Gasteiger partial charge in [0.1, 0.15) is 5.88 Å². The number of nitrogens with zero attached hydrogens (tertiary/aromatic N) is 1. The summed E-state index contributed by atoms with van der Waals surface area (Å²) in [4.78, 5) is 29.7. The molecule has 0 aliphatic carbocycles. The highest BCUT2D eigenvalue weighted by Crippen LogP contribution is 2.37. The first kappa shape index (κ1) is 12.9. The molecule has 1 aliphatic heterocycles. The van der Waals surface area contributed by atoms with Crippen LogP contribution < -0.4 is 0 Å². The van der Waals surface area contributed by atoms with Crippen molar-refractivity contribution in [2.45, 2.75) is 6.42 Å². The summed E-state index contributed by atoms with van der Waals surface area (Å²) in [6.45, 7) is 0.989. The van der Waals surface area contributed by atoms with Crippen LogP contribution in [0.4, 0.5) is 0 Å². The van der Waals surface area contributed by atoms with Gasteiger partial charge in [-0.25, -0.2) is 4.57 Å². The molecule has 0 aromatic rings. The number of phosphoric ester groups is 1. The lowest BCUT2D eigenvalue weighted by atomic mass is 10.1. The molecule has 1 atom stereocenters. The van der Waals surface area contributed by atoms with Crippen LogP contribution in [-0.2, 0) is 13.9 Å². The number of alkyl halides is 1. The molecule has 1 rings (SSSR count). The molecule has 0 saturated carbocycles. The van der Waals surface area contributed by atoms with E-state index in [1.165, 1.54) is 0 Å². The minimum Gasteiger partial charge on any atom is -0.341 e. The summed E-state index contributed by atoms with van der Waals surface area (Å²) >= 11 is 5.38. The minimum atomic E-state index is -4.40. The van der Waals surface area contributed by atoms with Crippen molar-refractivity contribution >= 4 is 25.3 Å². The van der Waals surface area contributed by atoms with Crippen LogP contribution in [0.15, 0.2) is 0 Å². The molecule has 1 amide bonds. The Labute approximate surface area is 92.4 Å². The largest absolute Gasteiger partial charge is 0.469 e. The highest BCUT2D eigenvalue weighted by Gasteiger charge is 2.27. The molecule has 2 N–H and O–H groups in total. The maximum absolute atomic E-state index is 11.2.